The minimum absolute atomic E-state index is 0.137. The summed E-state index contributed by atoms with van der Waals surface area (Å²) < 4.78 is 6.83. The van der Waals surface area contributed by atoms with Crippen molar-refractivity contribution in [3.05, 3.63) is 211 Å². The number of benzene rings is 9. The lowest BCUT2D eigenvalue weighted by Crippen LogP contribution is -2.16. The fourth-order valence-electron chi connectivity index (χ4n) is 9.25. The average Bonchev–Trinajstić information content (AvgIpc) is 3.77. The van der Waals surface area contributed by atoms with Gasteiger partial charge in [0.2, 0.25) is 0 Å². The monoisotopic (exact) mass is 729 g/mol. The van der Waals surface area contributed by atoms with Crippen LogP contribution in [0.3, 0.4) is 0 Å². The summed E-state index contributed by atoms with van der Waals surface area (Å²) in [5.74, 6) is 0. The molecular weight excluding hydrogens is 691 g/mol. The maximum Gasteiger partial charge on any atom is 0.137 e. The molecule has 0 amide bonds. The van der Waals surface area contributed by atoms with Gasteiger partial charge in [-0.05, 0) is 109 Å². The zero-order valence-corrected chi connectivity index (χ0v) is 31.9. The summed E-state index contributed by atoms with van der Waals surface area (Å²) in [6.45, 7) is 4.70. The Balaban J connectivity index is 1.11. The Kier molecular flexibility index (Phi) is 7.55. The standard InChI is InChI=1S/C55H39NO/c1-55(2)48-21-12-11-19-44(48)45-33-32-42(34-49(45)55)56(41-30-28-39(29-31-41)38-26-24-37(25-27-38)36-14-5-3-6-15-36)50-22-13-23-51-54(50)53-46-20-10-9-18-43(46)47(35-52(53)57-51)40-16-7-4-8-17-40/h3-35H,1-2H3. The molecule has 0 saturated heterocycles. The fraction of sp³-hybridized carbons (Fsp3) is 0.0545. The van der Waals surface area contributed by atoms with E-state index in [0.29, 0.717) is 0 Å². The molecule has 1 aliphatic carbocycles. The summed E-state index contributed by atoms with van der Waals surface area (Å²) in [5.41, 5.74) is 17.4. The van der Waals surface area contributed by atoms with E-state index in [2.05, 4.69) is 219 Å². The van der Waals surface area contributed by atoms with Crippen LogP contribution in [0, 0.1) is 0 Å². The molecule has 1 aliphatic rings. The van der Waals surface area contributed by atoms with Gasteiger partial charge in [0.1, 0.15) is 11.2 Å². The zero-order valence-electron chi connectivity index (χ0n) is 31.9. The van der Waals surface area contributed by atoms with Gasteiger partial charge in [-0.1, -0.05) is 172 Å². The Morgan fingerprint density at radius 3 is 1.65 bits per heavy atom. The number of anilines is 3. The van der Waals surface area contributed by atoms with Crippen molar-refractivity contribution in [2.24, 2.45) is 0 Å². The predicted octanol–water partition coefficient (Wildman–Crippen LogP) is 15.5. The molecule has 0 N–H and O–H groups in total. The van der Waals surface area contributed by atoms with Gasteiger partial charge in [-0.15, -0.1) is 0 Å². The van der Waals surface area contributed by atoms with Gasteiger partial charge in [-0.3, -0.25) is 0 Å². The molecular formula is C55H39NO. The van der Waals surface area contributed by atoms with E-state index in [1.165, 1.54) is 66.4 Å². The number of hydrogen-bond donors (Lipinski definition) is 0. The molecule has 2 nitrogen and oxygen atoms in total. The van der Waals surface area contributed by atoms with Crippen molar-refractivity contribution in [2.75, 3.05) is 4.90 Å². The zero-order chi connectivity index (χ0) is 38.1. The Morgan fingerprint density at radius 1 is 0.368 bits per heavy atom. The summed E-state index contributed by atoms with van der Waals surface area (Å²) in [7, 11) is 0. The normalized spacial score (nSPS) is 12.9. The summed E-state index contributed by atoms with van der Waals surface area (Å²) in [5, 5.41) is 4.62. The third-order valence-electron chi connectivity index (χ3n) is 12.1. The number of furan rings is 1. The molecule has 0 radical (unpaired) electrons. The van der Waals surface area contributed by atoms with Crippen LogP contribution in [-0.2, 0) is 5.41 Å². The molecule has 0 aliphatic heterocycles. The highest BCUT2D eigenvalue weighted by Crippen LogP contribution is 2.52. The number of fused-ring (bicyclic) bond motifs is 8. The summed E-state index contributed by atoms with van der Waals surface area (Å²) in [6, 6.07) is 72.5. The number of nitrogens with zero attached hydrogens (tertiary/aromatic N) is 1. The van der Waals surface area contributed by atoms with Crippen LogP contribution in [0.4, 0.5) is 17.1 Å². The highest BCUT2D eigenvalue weighted by molar-refractivity contribution is 6.25. The Morgan fingerprint density at radius 2 is 0.930 bits per heavy atom. The SMILES string of the molecule is CC1(C)c2ccccc2-c2ccc(N(c3ccc(-c4ccc(-c5ccccc5)cc4)cc3)c3cccc4oc5cc(-c6ccccc6)c6ccccc6c5c34)cc21. The third kappa shape index (κ3) is 5.33. The lowest BCUT2D eigenvalue weighted by Gasteiger charge is -2.29. The first-order valence-electron chi connectivity index (χ1n) is 19.8. The molecule has 1 aromatic heterocycles. The van der Waals surface area contributed by atoms with Crippen LogP contribution in [0.1, 0.15) is 25.0 Å². The van der Waals surface area contributed by atoms with Gasteiger partial charge in [0, 0.05) is 22.2 Å². The average molecular weight is 730 g/mol. The van der Waals surface area contributed by atoms with Crippen LogP contribution in [-0.4, -0.2) is 0 Å². The van der Waals surface area contributed by atoms with Gasteiger partial charge in [0.15, 0.2) is 0 Å². The topological polar surface area (TPSA) is 16.4 Å². The van der Waals surface area contributed by atoms with Crippen LogP contribution in [0.15, 0.2) is 205 Å². The van der Waals surface area contributed by atoms with Gasteiger partial charge < -0.3 is 9.32 Å². The van der Waals surface area contributed by atoms with Crippen LogP contribution >= 0.6 is 0 Å². The molecule has 57 heavy (non-hydrogen) atoms. The Labute approximate surface area is 332 Å². The maximum atomic E-state index is 6.83. The van der Waals surface area contributed by atoms with Gasteiger partial charge in [0.05, 0.1) is 11.1 Å². The van der Waals surface area contributed by atoms with Crippen molar-refractivity contribution in [2.45, 2.75) is 19.3 Å². The molecule has 0 fully saturated rings. The van der Waals surface area contributed by atoms with Gasteiger partial charge in [-0.25, -0.2) is 0 Å². The lowest BCUT2D eigenvalue weighted by atomic mass is 9.82. The third-order valence-corrected chi connectivity index (χ3v) is 12.1. The molecule has 270 valence electrons. The smallest absolute Gasteiger partial charge is 0.137 e. The second-order valence-electron chi connectivity index (χ2n) is 15.7. The molecule has 0 unspecified atom stereocenters. The van der Waals surface area contributed by atoms with Gasteiger partial charge >= 0.3 is 0 Å². The first-order valence-corrected chi connectivity index (χ1v) is 19.8. The molecule has 0 spiro atoms. The molecule has 10 aromatic rings. The second kappa shape index (κ2) is 13.0. The Hall–Kier alpha value is -7.16. The van der Waals surface area contributed by atoms with E-state index < -0.39 is 0 Å². The van der Waals surface area contributed by atoms with E-state index in [9.17, 15) is 0 Å². The first kappa shape index (κ1) is 33.2. The van der Waals surface area contributed by atoms with Crippen molar-refractivity contribution < 1.29 is 4.42 Å². The quantitative estimate of drug-likeness (QED) is 0.169. The van der Waals surface area contributed by atoms with E-state index in [4.69, 9.17) is 4.42 Å². The van der Waals surface area contributed by atoms with Gasteiger partial charge in [-0.2, -0.15) is 0 Å². The highest BCUT2D eigenvalue weighted by atomic mass is 16.3. The van der Waals surface area contributed by atoms with Crippen LogP contribution in [0.5, 0.6) is 0 Å². The minimum atomic E-state index is -0.137. The van der Waals surface area contributed by atoms with Crippen molar-refractivity contribution in [1.82, 2.24) is 0 Å². The first-order chi connectivity index (χ1) is 28.0. The van der Waals surface area contributed by atoms with E-state index in [1.807, 2.05) is 0 Å². The number of hydrogen-bond acceptors (Lipinski definition) is 2. The molecule has 0 bridgehead atoms. The van der Waals surface area contributed by atoms with Crippen molar-refractivity contribution in [1.29, 1.82) is 0 Å². The van der Waals surface area contributed by atoms with Crippen molar-refractivity contribution in [3.8, 4) is 44.5 Å². The van der Waals surface area contributed by atoms with E-state index in [1.54, 1.807) is 0 Å². The van der Waals surface area contributed by atoms with E-state index in [-0.39, 0.29) is 5.41 Å². The van der Waals surface area contributed by atoms with Crippen LogP contribution in [0.2, 0.25) is 0 Å². The lowest BCUT2D eigenvalue weighted by molar-refractivity contribution is 0.660. The number of rotatable bonds is 6. The largest absolute Gasteiger partial charge is 0.456 e. The second-order valence-corrected chi connectivity index (χ2v) is 15.7. The van der Waals surface area contributed by atoms with Crippen molar-refractivity contribution >= 4 is 49.8 Å². The maximum absolute atomic E-state index is 6.83. The van der Waals surface area contributed by atoms with Gasteiger partial charge in [0.25, 0.3) is 0 Å². The van der Waals surface area contributed by atoms with Crippen molar-refractivity contribution in [3.63, 3.8) is 0 Å². The molecule has 11 rings (SSSR count). The fourth-order valence-corrected chi connectivity index (χ4v) is 9.25. The van der Waals surface area contributed by atoms with E-state index in [0.717, 1.165) is 39.0 Å². The molecule has 0 atom stereocenters. The molecule has 2 heteroatoms. The Bertz CT molecular complexity index is 3120. The molecule has 1 heterocycles. The summed E-state index contributed by atoms with van der Waals surface area (Å²) in [4.78, 5) is 2.43. The predicted molar refractivity (Wildman–Crippen MR) is 240 cm³/mol. The van der Waals surface area contributed by atoms with E-state index >= 15 is 0 Å². The molecule has 0 saturated carbocycles. The summed E-state index contributed by atoms with van der Waals surface area (Å²) in [6.07, 6.45) is 0. The van der Waals surface area contributed by atoms with Crippen LogP contribution < -0.4 is 4.90 Å². The molecule has 9 aromatic carbocycles. The highest BCUT2D eigenvalue weighted by Gasteiger charge is 2.36. The van der Waals surface area contributed by atoms with Crippen LogP contribution in [0.25, 0.3) is 77.2 Å². The summed E-state index contributed by atoms with van der Waals surface area (Å²) >= 11 is 0. The minimum Gasteiger partial charge on any atom is -0.456 e.